The molecule has 2 aromatic rings. The molecule has 1 heterocycles. The van der Waals surface area contributed by atoms with Crippen molar-refractivity contribution < 1.29 is 9.47 Å². The molecule has 0 aliphatic heterocycles. The molecule has 3 rings (SSSR count). The summed E-state index contributed by atoms with van der Waals surface area (Å²) in [5, 5.41) is 9.45. The van der Waals surface area contributed by atoms with Gasteiger partial charge in [-0.1, -0.05) is 25.5 Å². The predicted octanol–water partition coefficient (Wildman–Crippen LogP) is 6.36. The van der Waals surface area contributed by atoms with E-state index in [1.807, 2.05) is 36.4 Å². The van der Waals surface area contributed by atoms with Gasteiger partial charge >= 0.3 is 0 Å². The van der Waals surface area contributed by atoms with Gasteiger partial charge in [0.25, 0.3) is 0 Å². The van der Waals surface area contributed by atoms with E-state index in [9.17, 15) is 5.26 Å². The van der Waals surface area contributed by atoms with Crippen LogP contribution in [0.15, 0.2) is 60.0 Å². The Balaban J connectivity index is 1.87. The lowest BCUT2D eigenvalue weighted by molar-refractivity contribution is 0.322. The third-order valence-corrected chi connectivity index (χ3v) is 5.33. The molecule has 0 saturated heterocycles. The highest BCUT2D eigenvalue weighted by Crippen LogP contribution is 2.39. The third-order valence-electron chi connectivity index (χ3n) is 5.33. The van der Waals surface area contributed by atoms with Crippen molar-refractivity contribution in [2.75, 3.05) is 7.11 Å². The molecule has 0 bridgehead atoms. The molecule has 4 nitrogen and oxygen atoms in total. The van der Waals surface area contributed by atoms with Crippen LogP contribution in [0.25, 0.3) is 5.76 Å². The van der Waals surface area contributed by atoms with E-state index < -0.39 is 0 Å². The van der Waals surface area contributed by atoms with Crippen LogP contribution in [-0.4, -0.2) is 12.1 Å². The van der Waals surface area contributed by atoms with Gasteiger partial charge in [0.15, 0.2) is 0 Å². The maximum Gasteiger partial charge on any atom is 0.130 e. The van der Waals surface area contributed by atoms with Gasteiger partial charge in [-0.3, -0.25) is 4.98 Å². The van der Waals surface area contributed by atoms with Gasteiger partial charge in [-0.05, 0) is 62.1 Å². The van der Waals surface area contributed by atoms with Crippen molar-refractivity contribution in [2.45, 2.75) is 51.9 Å². The molecule has 4 heteroatoms. The number of methoxy groups -OCH3 is 1. The number of rotatable bonds is 7. The maximum atomic E-state index is 9.45. The van der Waals surface area contributed by atoms with E-state index in [0.29, 0.717) is 5.56 Å². The molecule has 29 heavy (non-hydrogen) atoms. The third kappa shape index (κ3) is 5.06. The molecule has 0 N–H and O–H groups in total. The average Bonchev–Trinajstić information content (AvgIpc) is 2.77. The van der Waals surface area contributed by atoms with Gasteiger partial charge in [-0.15, -0.1) is 0 Å². The molecule has 1 aliphatic rings. The Hall–Kier alpha value is -3.06. The van der Waals surface area contributed by atoms with Crippen LogP contribution in [0.3, 0.4) is 0 Å². The van der Waals surface area contributed by atoms with Crippen molar-refractivity contribution in [1.29, 1.82) is 5.26 Å². The molecule has 0 amide bonds. The van der Waals surface area contributed by atoms with Crippen molar-refractivity contribution in [2.24, 2.45) is 0 Å². The van der Waals surface area contributed by atoms with Crippen LogP contribution in [-0.2, 0) is 4.74 Å². The van der Waals surface area contributed by atoms with Crippen molar-refractivity contribution in [3.63, 3.8) is 0 Å². The quantitative estimate of drug-likeness (QED) is 0.518. The molecule has 1 atom stereocenters. The minimum atomic E-state index is 0.197. The Morgan fingerprint density at radius 2 is 2.17 bits per heavy atom. The number of ether oxygens (including phenoxy) is 2. The van der Waals surface area contributed by atoms with Crippen LogP contribution in [0.4, 0.5) is 0 Å². The van der Waals surface area contributed by atoms with Crippen molar-refractivity contribution in [1.82, 2.24) is 4.98 Å². The Morgan fingerprint density at radius 3 is 2.93 bits per heavy atom. The first-order valence-electron chi connectivity index (χ1n) is 10.2. The normalized spacial score (nSPS) is 17.0. The molecule has 1 aromatic carbocycles. The van der Waals surface area contributed by atoms with E-state index in [-0.39, 0.29) is 5.92 Å². The number of pyridine rings is 1. The first kappa shape index (κ1) is 20.7. The first-order valence-corrected chi connectivity index (χ1v) is 10.2. The zero-order chi connectivity index (χ0) is 20.6. The topological polar surface area (TPSA) is 55.1 Å². The number of unbranched alkanes of at least 4 members (excludes halogenated alkanes) is 1. The number of nitrogens with zero attached hydrogens (tertiary/aromatic N) is 2. The van der Waals surface area contributed by atoms with E-state index in [4.69, 9.17) is 9.47 Å². The number of nitriles is 1. The second kappa shape index (κ2) is 9.93. The van der Waals surface area contributed by atoms with Crippen LogP contribution in [0.5, 0.6) is 5.75 Å². The van der Waals surface area contributed by atoms with E-state index in [1.54, 1.807) is 13.3 Å². The number of benzene rings is 1. The maximum absolute atomic E-state index is 9.45. The highest BCUT2D eigenvalue weighted by atomic mass is 16.5. The van der Waals surface area contributed by atoms with Gasteiger partial charge in [-0.2, -0.15) is 5.26 Å². The summed E-state index contributed by atoms with van der Waals surface area (Å²) < 4.78 is 11.9. The zero-order valence-electron chi connectivity index (χ0n) is 17.4. The van der Waals surface area contributed by atoms with Crippen molar-refractivity contribution in [3.8, 4) is 11.8 Å². The minimum absolute atomic E-state index is 0.197. The summed E-state index contributed by atoms with van der Waals surface area (Å²) in [6.07, 6.45) is 8.60. The molecule has 0 spiro atoms. The van der Waals surface area contributed by atoms with Gasteiger partial charge in [-0.25, -0.2) is 0 Å². The summed E-state index contributed by atoms with van der Waals surface area (Å²) in [4.78, 5) is 4.51. The van der Waals surface area contributed by atoms with Gasteiger partial charge in [0.05, 0.1) is 18.4 Å². The number of aromatic nitrogens is 1. The Labute approximate surface area is 173 Å². The van der Waals surface area contributed by atoms with E-state index in [0.717, 1.165) is 60.6 Å². The van der Waals surface area contributed by atoms with Gasteiger partial charge < -0.3 is 9.47 Å². The Bertz CT molecular complexity index is 953. The standard InChI is InChI=1S/C25H28N2O2/c1-4-5-11-23(19-8-6-10-22(15-19)28-3)29-24-16-20(13-12-18(24)2)25-21(17-26)9-7-14-27-25/h6-11,14-15,20H,4-5,12-13,16H2,1-3H3. The van der Waals surface area contributed by atoms with Crippen molar-refractivity contribution in [3.05, 3.63) is 76.8 Å². The molecule has 1 unspecified atom stereocenters. The van der Waals surface area contributed by atoms with Gasteiger partial charge in [0, 0.05) is 24.1 Å². The fraction of sp³-hybridized carbons (Fsp3) is 0.360. The monoisotopic (exact) mass is 388 g/mol. The van der Waals surface area contributed by atoms with Crippen LogP contribution in [0.2, 0.25) is 0 Å². The number of hydrogen-bond donors (Lipinski definition) is 0. The summed E-state index contributed by atoms with van der Waals surface area (Å²) >= 11 is 0. The van der Waals surface area contributed by atoms with Crippen LogP contribution in [0, 0.1) is 11.3 Å². The lowest BCUT2D eigenvalue weighted by Gasteiger charge is -2.27. The average molecular weight is 389 g/mol. The highest BCUT2D eigenvalue weighted by molar-refractivity contribution is 5.62. The summed E-state index contributed by atoms with van der Waals surface area (Å²) in [5.74, 6) is 2.86. The smallest absolute Gasteiger partial charge is 0.130 e. The predicted molar refractivity (Wildman–Crippen MR) is 115 cm³/mol. The van der Waals surface area contributed by atoms with Gasteiger partial charge in [0.1, 0.15) is 23.3 Å². The molecular formula is C25H28N2O2. The highest BCUT2D eigenvalue weighted by Gasteiger charge is 2.25. The fourth-order valence-electron chi connectivity index (χ4n) is 3.63. The van der Waals surface area contributed by atoms with Gasteiger partial charge in [0.2, 0.25) is 0 Å². The summed E-state index contributed by atoms with van der Waals surface area (Å²) in [6.45, 7) is 4.30. The largest absolute Gasteiger partial charge is 0.497 e. The second-order valence-corrected chi connectivity index (χ2v) is 7.38. The number of hydrogen-bond acceptors (Lipinski definition) is 4. The SMILES string of the molecule is CCCC=C(OC1=C(C)CCC(c2ncccc2C#N)C1)c1cccc(OC)c1. The minimum Gasteiger partial charge on any atom is -0.497 e. The molecule has 0 fully saturated rings. The summed E-state index contributed by atoms with van der Waals surface area (Å²) in [6, 6.07) is 13.9. The van der Waals surface area contributed by atoms with E-state index in [1.165, 1.54) is 5.57 Å². The molecule has 1 aliphatic carbocycles. The summed E-state index contributed by atoms with van der Waals surface area (Å²) in [7, 11) is 1.67. The Kier molecular flexibility index (Phi) is 7.08. The first-order chi connectivity index (χ1) is 14.2. The van der Waals surface area contributed by atoms with Crippen molar-refractivity contribution >= 4 is 5.76 Å². The molecule has 0 saturated carbocycles. The molecule has 0 radical (unpaired) electrons. The molecule has 1 aromatic heterocycles. The molecular weight excluding hydrogens is 360 g/mol. The second-order valence-electron chi connectivity index (χ2n) is 7.38. The van der Waals surface area contributed by atoms with E-state index >= 15 is 0 Å². The summed E-state index contributed by atoms with van der Waals surface area (Å²) in [5.41, 5.74) is 3.81. The van der Waals surface area contributed by atoms with E-state index in [2.05, 4.69) is 31.0 Å². The van der Waals surface area contributed by atoms with Crippen LogP contribution >= 0.6 is 0 Å². The van der Waals surface area contributed by atoms with Crippen LogP contribution < -0.4 is 4.74 Å². The molecule has 150 valence electrons. The zero-order valence-corrected chi connectivity index (χ0v) is 17.4. The lowest BCUT2D eigenvalue weighted by Crippen LogP contribution is -2.13. The Morgan fingerprint density at radius 1 is 1.31 bits per heavy atom. The fourth-order valence-corrected chi connectivity index (χ4v) is 3.63. The lowest BCUT2D eigenvalue weighted by atomic mass is 9.85. The van der Waals surface area contributed by atoms with Crippen LogP contribution in [0.1, 0.15) is 68.7 Å². The number of allylic oxidation sites excluding steroid dienone is 3.